The van der Waals surface area contributed by atoms with Crippen LogP contribution in [0.5, 0.6) is 0 Å². The second-order valence-corrected chi connectivity index (χ2v) is 11.0. The molecule has 3 nitrogen and oxygen atoms in total. The summed E-state index contributed by atoms with van der Waals surface area (Å²) in [6.07, 6.45) is 12.3. The van der Waals surface area contributed by atoms with Gasteiger partial charge in [0.25, 0.3) is 0 Å². The van der Waals surface area contributed by atoms with Crippen molar-refractivity contribution < 1.29 is 0 Å². The summed E-state index contributed by atoms with van der Waals surface area (Å²) in [5.41, 5.74) is 12.0. The van der Waals surface area contributed by atoms with E-state index in [9.17, 15) is 5.26 Å². The fraction of sp³-hybridized carbons (Fsp3) is 0.0465. The van der Waals surface area contributed by atoms with Crippen LogP contribution in [0.2, 0.25) is 0 Å². The lowest BCUT2D eigenvalue weighted by atomic mass is 9.95. The lowest BCUT2D eigenvalue weighted by Crippen LogP contribution is -1.98. The molecule has 5 aromatic carbocycles. The molecule has 0 bridgehead atoms. The molecule has 6 aromatic rings. The Labute approximate surface area is 271 Å². The zero-order chi connectivity index (χ0) is 31.9. The lowest BCUT2D eigenvalue weighted by molar-refractivity contribution is 1.11. The van der Waals surface area contributed by atoms with Gasteiger partial charge in [-0.25, -0.2) is 0 Å². The van der Waals surface area contributed by atoms with Crippen LogP contribution in [0.3, 0.4) is 0 Å². The summed E-state index contributed by atoms with van der Waals surface area (Å²) in [7, 11) is 0. The van der Waals surface area contributed by atoms with Crippen LogP contribution in [0, 0.1) is 11.3 Å². The molecule has 0 atom stereocenters. The first-order valence-corrected chi connectivity index (χ1v) is 15.4. The lowest BCUT2D eigenvalue weighted by Gasteiger charge is -2.16. The van der Waals surface area contributed by atoms with Gasteiger partial charge in [-0.05, 0) is 96.8 Å². The average molecular weight is 594 g/mol. The van der Waals surface area contributed by atoms with Gasteiger partial charge in [0.2, 0.25) is 0 Å². The number of benzene rings is 5. The van der Waals surface area contributed by atoms with Gasteiger partial charge >= 0.3 is 0 Å². The summed E-state index contributed by atoms with van der Waals surface area (Å²) >= 11 is 0. The molecule has 0 amide bonds. The maximum absolute atomic E-state index is 9.84. The normalized spacial score (nSPS) is 11.5. The highest BCUT2D eigenvalue weighted by atomic mass is 15.0. The zero-order valence-electron chi connectivity index (χ0n) is 26.1. The third kappa shape index (κ3) is 6.11. The SMILES string of the molecule is C=C(/C=C\C=C/C)c1cc(-c2c(/C=C\C)n(-c3ccccc3)c3ccc(C#N)cc23)ccc1Nc1cccc(-c2ccccc2)c1. The van der Waals surface area contributed by atoms with Crippen molar-refractivity contribution in [1.82, 2.24) is 4.57 Å². The molecule has 0 spiro atoms. The first kappa shape index (κ1) is 29.9. The molecule has 46 heavy (non-hydrogen) atoms. The van der Waals surface area contributed by atoms with Crippen molar-refractivity contribution in [3.63, 3.8) is 0 Å². The number of aromatic nitrogens is 1. The highest BCUT2D eigenvalue weighted by molar-refractivity contribution is 6.03. The Morgan fingerprint density at radius 1 is 0.739 bits per heavy atom. The van der Waals surface area contributed by atoms with Gasteiger partial charge in [-0.1, -0.05) is 104 Å². The number of rotatable bonds is 9. The molecule has 0 radical (unpaired) electrons. The van der Waals surface area contributed by atoms with E-state index in [2.05, 4.69) is 126 Å². The number of fused-ring (bicyclic) bond motifs is 1. The average Bonchev–Trinajstić information content (AvgIpc) is 3.42. The van der Waals surface area contributed by atoms with E-state index < -0.39 is 0 Å². The molecule has 222 valence electrons. The van der Waals surface area contributed by atoms with Crippen LogP contribution in [0.25, 0.3) is 50.5 Å². The van der Waals surface area contributed by atoms with Crippen molar-refractivity contribution in [2.75, 3.05) is 5.32 Å². The van der Waals surface area contributed by atoms with E-state index in [-0.39, 0.29) is 0 Å². The maximum Gasteiger partial charge on any atom is 0.0991 e. The molecule has 0 unspecified atom stereocenters. The summed E-state index contributed by atoms with van der Waals surface area (Å²) in [5, 5.41) is 14.5. The topological polar surface area (TPSA) is 40.8 Å². The van der Waals surface area contributed by atoms with Gasteiger partial charge < -0.3 is 9.88 Å². The van der Waals surface area contributed by atoms with Crippen LogP contribution >= 0.6 is 0 Å². The summed E-state index contributed by atoms with van der Waals surface area (Å²) in [5.74, 6) is 0. The monoisotopic (exact) mass is 593 g/mol. The minimum Gasteiger partial charge on any atom is -0.355 e. The molecule has 0 saturated carbocycles. The van der Waals surface area contributed by atoms with Gasteiger partial charge in [0.05, 0.1) is 22.8 Å². The van der Waals surface area contributed by atoms with Crippen molar-refractivity contribution in [2.45, 2.75) is 13.8 Å². The third-order valence-electron chi connectivity index (χ3n) is 7.98. The summed E-state index contributed by atoms with van der Waals surface area (Å²) < 4.78 is 2.27. The van der Waals surface area contributed by atoms with E-state index in [0.29, 0.717) is 5.56 Å². The molecule has 3 heteroatoms. The van der Waals surface area contributed by atoms with Crippen molar-refractivity contribution in [3.05, 3.63) is 175 Å². The predicted molar refractivity (Wildman–Crippen MR) is 196 cm³/mol. The molecular weight excluding hydrogens is 558 g/mol. The van der Waals surface area contributed by atoms with E-state index in [0.717, 1.165) is 61.5 Å². The summed E-state index contributed by atoms with van der Waals surface area (Å²) in [4.78, 5) is 0. The number of anilines is 2. The zero-order valence-corrected chi connectivity index (χ0v) is 26.1. The molecule has 1 heterocycles. The molecule has 0 aliphatic carbocycles. The van der Waals surface area contributed by atoms with Crippen LogP contribution in [-0.4, -0.2) is 4.57 Å². The van der Waals surface area contributed by atoms with Crippen LogP contribution in [0.15, 0.2) is 158 Å². The molecule has 0 aliphatic heterocycles. The second kappa shape index (κ2) is 13.7. The molecule has 0 aliphatic rings. The first-order chi connectivity index (χ1) is 22.6. The Bertz CT molecular complexity index is 2150. The van der Waals surface area contributed by atoms with Gasteiger partial charge in [0.15, 0.2) is 0 Å². The minimum absolute atomic E-state index is 0.626. The van der Waals surface area contributed by atoms with Gasteiger partial charge in [0.1, 0.15) is 0 Å². The minimum atomic E-state index is 0.626. The smallest absolute Gasteiger partial charge is 0.0991 e. The molecular formula is C43H35N3. The Hall–Kier alpha value is -6.11. The molecule has 6 rings (SSSR count). The van der Waals surface area contributed by atoms with E-state index in [1.54, 1.807) is 0 Å². The number of nitrogens with zero attached hydrogens (tertiary/aromatic N) is 2. The van der Waals surface area contributed by atoms with Gasteiger partial charge in [-0.2, -0.15) is 5.26 Å². The number of nitrogens with one attached hydrogen (secondary N) is 1. The van der Waals surface area contributed by atoms with Gasteiger partial charge in [0, 0.05) is 33.6 Å². The Morgan fingerprint density at radius 3 is 2.24 bits per heavy atom. The molecule has 1 N–H and O–H groups in total. The number of allylic oxidation sites excluding steroid dienone is 6. The molecule has 0 saturated heterocycles. The predicted octanol–water partition coefficient (Wildman–Crippen LogP) is 11.8. The van der Waals surface area contributed by atoms with Crippen molar-refractivity contribution >= 4 is 33.9 Å². The Kier molecular flexibility index (Phi) is 8.90. The number of nitriles is 1. The Morgan fingerprint density at radius 2 is 1.50 bits per heavy atom. The van der Waals surface area contributed by atoms with Crippen molar-refractivity contribution in [3.8, 4) is 34.0 Å². The first-order valence-electron chi connectivity index (χ1n) is 15.4. The number of para-hydroxylation sites is 1. The summed E-state index contributed by atoms with van der Waals surface area (Å²) in [6.45, 7) is 8.51. The third-order valence-corrected chi connectivity index (χ3v) is 7.98. The van der Waals surface area contributed by atoms with E-state index >= 15 is 0 Å². The van der Waals surface area contributed by atoms with Crippen molar-refractivity contribution in [1.29, 1.82) is 5.26 Å². The number of hydrogen-bond acceptors (Lipinski definition) is 2. The van der Waals surface area contributed by atoms with E-state index in [1.807, 2.05) is 68.5 Å². The molecule has 0 fully saturated rings. The quantitative estimate of drug-likeness (QED) is 0.169. The largest absolute Gasteiger partial charge is 0.355 e. The second-order valence-electron chi connectivity index (χ2n) is 11.0. The van der Waals surface area contributed by atoms with Crippen molar-refractivity contribution in [2.24, 2.45) is 0 Å². The van der Waals surface area contributed by atoms with Crippen LogP contribution in [0.1, 0.15) is 30.7 Å². The van der Waals surface area contributed by atoms with Crippen LogP contribution in [-0.2, 0) is 0 Å². The van der Waals surface area contributed by atoms with E-state index in [1.165, 1.54) is 5.56 Å². The summed E-state index contributed by atoms with van der Waals surface area (Å²) in [6, 6.07) is 44.0. The van der Waals surface area contributed by atoms with E-state index in [4.69, 9.17) is 0 Å². The van der Waals surface area contributed by atoms with Gasteiger partial charge in [-0.15, -0.1) is 0 Å². The maximum atomic E-state index is 9.84. The van der Waals surface area contributed by atoms with Crippen LogP contribution in [0.4, 0.5) is 11.4 Å². The van der Waals surface area contributed by atoms with Crippen LogP contribution < -0.4 is 5.32 Å². The molecule has 1 aromatic heterocycles. The van der Waals surface area contributed by atoms with Gasteiger partial charge in [-0.3, -0.25) is 0 Å². The fourth-order valence-electron chi connectivity index (χ4n) is 5.86. The highest BCUT2D eigenvalue weighted by Gasteiger charge is 2.20. The fourth-order valence-corrected chi connectivity index (χ4v) is 5.86. The standard InChI is InChI=1S/C43H35N3/c1-4-6-9-16-31(3)38-29-35(24-25-40(38)45-36-20-14-19-34(28-36)33-17-10-7-11-18-33)43-39-27-32(30-44)23-26-41(39)46(42(43)15-5-2)37-21-12-8-13-22-37/h4-29,45H,3H2,1-2H3/b6-4-,15-5-,16-9-. The highest BCUT2D eigenvalue weighted by Crippen LogP contribution is 2.41. The Balaban J connectivity index is 1.54. The number of hydrogen-bond donors (Lipinski definition) is 1.